The van der Waals surface area contributed by atoms with E-state index >= 15 is 0 Å². The van der Waals surface area contributed by atoms with E-state index in [0.29, 0.717) is 28.2 Å². The van der Waals surface area contributed by atoms with Gasteiger partial charge >= 0.3 is 0 Å². The van der Waals surface area contributed by atoms with Gasteiger partial charge in [-0.25, -0.2) is 4.98 Å². The number of benzene rings is 2. The Morgan fingerprint density at radius 3 is 2.48 bits per heavy atom. The highest BCUT2D eigenvalue weighted by Gasteiger charge is 2.50. The molecule has 46 heavy (non-hydrogen) atoms. The van der Waals surface area contributed by atoms with Gasteiger partial charge in [-0.3, -0.25) is 4.90 Å². The molecule has 3 aliphatic rings. The third-order valence-corrected chi connectivity index (χ3v) is 12.3. The van der Waals surface area contributed by atoms with Gasteiger partial charge < -0.3 is 24.8 Å². The van der Waals surface area contributed by atoms with Gasteiger partial charge in [0, 0.05) is 49.3 Å². The second-order valence-corrected chi connectivity index (χ2v) is 17.3. The number of halogens is 1. The van der Waals surface area contributed by atoms with Crippen LogP contribution in [0.15, 0.2) is 30.5 Å². The summed E-state index contributed by atoms with van der Waals surface area (Å²) < 4.78 is 19.1. The first-order valence-electron chi connectivity index (χ1n) is 16.3. The fraction of sp³-hybridized carbons (Fsp3) is 0.514. The molecule has 0 atom stereocenters. The van der Waals surface area contributed by atoms with Gasteiger partial charge in [0.2, 0.25) is 5.95 Å². The summed E-state index contributed by atoms with van der Waals surface area (Å²) in [6.45, 7) is 13.7. The van der Waals surface area contributed by atoms with Crippen molar-refractivity contribution in [1.82, 2.24) is 14.9 Å². The number of likely N-dealkylation sites (tertiary alicyclic amines) is 1. The molecule has 9 nitrogen and oxygen atoms in total. The first-order chi connectivity index (χ1) is 21.9. The lowest BCUT2D eigenvalue weighted by Crippen LogP contribution is -2.60. The van der Waals surface area contributed by atoms with Crippen LogP contribution >= 0.6 is 18.7 Å². The lowest BCUT2D eigenvalue weighted by Gasteiger charge is -2.58. The second kappa shape index (κ2) is 12.7. The van der Waals surface area contributed by atoms with Crippen LogP contribution in [0.2, 0.25) is 5.02 Å². The van der Waals surface area contributed by atoms with E-state index in [2.05, 4.69) is 50.5 Å². The molecule has 0 unspecified atom stereocenters. The third-order valence-electron chi connectivity index (χ3n) is 10.4. The zero-order chi connectivity index (χ0) is 32.8. The predicted octanol–water partition coefficient (Wildman–Crippen LogP) is 7.26. The fourth-order valence-corrected chi connectivity index (χ4v) is 9.37. The van der Waals surface area contributed by atoms with Crippen molar-refractivity contribution in [3.8, 4) is 11.8 Å². The number of rotatable bonds is 9. The predicted molar refractivity (Wildman–Crippen MR) is 189 cm³/mol. The van der Waals surface area contributed by atoms with Gasteiger partial charge in [-0.2, -0.15) is 10.2 Å². The maximum Gasteiger partial charge on any atom is 0.229 e. The molecule has 0 amide bonds. The Labute approximate surface area is 278 Å². The lowest BCUT2D eigenvalue weighted by molar-refractivity contribution is -0.0543. The number of hydrogen-bond donors (Lipinski definition) is 2. The first kappa shape index (κ1) is 32.6. The average molecular weight is 662 g/mol. The maximum absolute atomic E-state index is 13.2. The molecule has 3 fully saturated rings. The summed E-state index contributed by atoms with van der Waals surface area (Å²) in [4.78, 5) is 14.2. The normalized spacial score (nSPS) is 18.5. The number of piperidine rings is 1. The summed E-state index contributed by atoms with van der Waals surface area (Å²) in [5.41, 5.74) is 6.52. The number of hydrogen-bond acceptors (Lipinski definition) is 9. The number of ether oxygens (including phenoxy) is 1. The number of aryl methyl sites for hydroxylation is 2. The van der Waals surface area contributed by atoms with Crippen molar-refractivity contribution in [2.75, 3.05) is 62.2 Å². The van der Waals surface area contributed by atoms with Crippen LogP contribution in [0.1, 0.15) is 49.3 Å². The van der Waals surface area contributed by atoms with Crippen LogP contribution in [0, 0.1) is 36.5 Å². The van der Waals surface area contributed by atoms with E-state index in [1.807, 2.05) is 26.0 Å². The summed E-state index contributed by atoms with van der Waals surface area (Å²) in [5, 5.41) is 17.0. The minimum absolute atomic E-state index is 0.234. The Hall–Kier alpha value is -3.31. The van der Waals surface area contributed by atoms with E-state index in [0.717, 1.165) is 66.2 Å². The Morgan fingerprint density at radius 2 is 1.85 bits per heavy atom. The Balaban J connectivity index is 1.17. The van der Waals surface area contributed by atoms with Crippen molar-refractivity contribution in [2.45, 2.75) is 58.9 Å². The van der Waals surface area contributed by atoms with Gasteiger partial charge in [-0.1, -0.05) is 24.6 Å². The summed E-state index contributed by atoms with van der Waals surface area (Å²) in [6, 6.07) is 11.3. The molecule has 1 aromatic heterocycles. The van der Waals surface area contributed by atoms with Gasteiger partial charge in [-0.05, 0) is 93.5 Å². The zero-order valence-electron chi connectivity index (χ0n) is 27.8. The first-order valence-corrected chi connectivity index (χ1v) is 19.2. The number of aromatic nitrogens is 2. The monoisotopic (exact) mass is 661 g/mol. The van der Waals surface area contributed by atoms with Crippen molar-refractivity contribution in [3.63, 3.8) is 0 Å². The smallest absolute Gasteiger partial charge is 0.229 e. The SMILES string of the molecule is CCc1cc(Nc2ncc(Cl)c(Nc3ccc(C)c(C)c3P(C)(C)=O)n2)c(OC)cc1N1CCC2(CC1)CC(N1CC(C#N)C1)C2. The quantitative estimate of drug-likeness (QED) is 0.229. The van der Waals surface area contributed by atoms with E-state index < -0.39 is 7.14 Å². The van der Waals surface area contributed by atoms with Gasteiger partial charge in [0.1, 0.15) is 17.9 Å². The number of nitriles is 1. The molecule has 2 saturated heterocycles. The number of anilines is 5. The van der Waals surface area contributed by atoms with Crippen molar-refractivity contribution in [3.05, 3.63) is 52.2 Å². The van der Waals surface area contributed by atoms with Gasteiger partial charge in [0.15, 0.2) is 5.82 Å². The second-order valence-electron chi connectivity index (χ2n) is 13.8. The standard InChI is InChI=1S/C35H45ClN7O2P/c1-7-25-14-29(40-34-38-19-27(36)33(41-34)39-28-9-8-22(2)23(3)32(28)46(5,6)44)31(45-4)15-30(25)42-12-10-35(11-13-42)16-26(17-35)43-20-24(18-37)21-43/h8-9,14-15,19,24,26H,7,10-13,16-17,20-21H2,1-6H3,(H2,38,39,40,41). The van der Waals surface area contributed by atoms with Crippen LogP contribution in [0.3, 0.4) is 0 Å². The van der Waals surface area contributed by atoms with Crippen LogP contribution in [0.25, 0.3) is 0 Å². The molecule has 3 aromatic rings. The van der Waals surface area contributed by atoms with Crippen molar-refractivity contribution >= 4 is 52.9 Å². The summed E-state index contributed by atoms with van der Waals surface area (Å²) in [7, 11) is -0.900. The van der Waals surface area contributed by atoms with E-state index in [4.69, 9.17) is 26.6 Å². The Bertz CT molecular complexity index is 1710. The van der Waals surface area contributed by atoms with E-state index in [-0.39, 0.29) is 5.92 Å². The molecule has 11 heteroatoms. The van der Waals surface area contributed by atoms with Crippen molar-refractivity contribution in [2.24, 2.45) is 11.3 Å². The maximum atomic E-state index is 13.2. The molecule has 3 heterocycles. The van der Waals surface area contributed by atoms with Crippen LogP contribution in [-0.4, -0.2) is 67.5 Å². The summed E-state index contributed by atoms with van der Waals surface area (Å²) in [5.74, 6) is 1.77. The van der Waals surface area contributed by atoms with Crippen LogP contribution in [0.5, 0.6) is 5.75 Å². The number of methoxy groups -OCH3 is 1. The highest BCUT2D eigenvalue weighted by atomic mass is 35.5. The zero-order valence-corrected chi connectivity index (χ0v) is 29.4. The van der Waals surface area contributed by atoms with Crippen LogP contribution in [-0.2, 0) is 11.0 Å². The molecular weight excluding hydrogens is 617 g/mol. The third kappa shape index (κ3) is 6.32. The minimum atomic E-state index is -2.59. The number of nitrogens with zero attached hydrogens (tertiary/aromatic N) is 5. The van der Waals surface area contributed by atoms with E-state index in [9.17, 15) is 4.57 Å². The lowest BCUT2D eigenvalue weighted by atomic mass is 9.59. The van der Waals surface area contributed by atoms with Crippen LogP contribution < -0.4 is 25.6 Å². The topological polar surface area (TPSA) is 106 Å². The van der Waals surface area contributed by atoms with Gasteiger partial charge in [-0.15, -0.1) is 0 Å². The molecular formula is C35H45ClN7O2P. The molecule has 244 valence electrons. The molecule has 2 aliphatic heterocycles. The molecule has 0 bridgehead atoms. The van der Waals surface area contributed by atoms with Gasteiger partial charge in [0.05, 0.1) is 36.7 Å². The van der Waals surface area contributed by atoms with E-state index in [1.54, 1.807) is 26.6 Å². The largest absolute Gasteiger partial charge is 0.494 e. The molecule has 0 radical (unpaired) electrons. The van der Waals surface area contributed by atoms with Crippen molar-refractivity contribution in [1.29, 1.82) is 5.26 Å². The molecule has 1 aliphatic carbocycles. The summed E-state index contributed by atoms with van der Waals surface area (Å²) >= 11 is 6.55. The van der Waals surface area contributed by atoms with Gasteiger partial charge in [0.25, 0.3) is 0 Å². The molecule has 6 rings (SSSR count). The molecule has 2 aromatic carbocycles. The number of nitrogens with one attached hydrogen (secondary N) is 2. The Kier molecular flexibility index (Phi) is 9.02. The van der Waals surface area contributed by atoms with E-state index in [1.165, 1.54) is 36.9 Å². The minimum Gasteiger partial charge on any atom is -0.494 e. The fourth-order valence-electron chi connectivity index (χ4n) is 7.54. The average Bonchev–Trinajstić information content (AvgIpc) is 2.98. The van der Waals surface area contributed by atoms with Crippen LogP contribution in [0.4, 0.5) is 28.8 Å². The summed E-state index contributed by atoms with van der Waals surface area (Å²) in [6.07, 6.45) is 7.39. The molecule has 1 spiro atoms. The highest BCUT2D eigenvalue weighted by Crippen LogP contribution is 2.53. The molecule has 2 N–H and O–H groups in total. The Morgan fingerprint density at radius 1 is 1.13 bits per heavy atom. The highest BCUT2D eigenvalue weighted by molar-refractivity contribution is 7.70. The molecule has 1 saturated carbocycles. The van der Waals surface area contributed by atoms with Crippen molar-refractivity contribution < 1.29 is 9.30 Å².